The number of amides is 2. The van der Waals surface area contributed by atoms with E-state index in [0.29, 0.717) is 38.0 Å². The van der Waals surface area contributed by atoms with E-state index in [2.05, 4.69) is 0 Å². The maximum absolute atomic E-state index is 12.7. The number of nitrogens with zero attached hydrogens (tertiary/aromatic N) is 2. The summed E-state index contributed by atoms with van der Waals surface area (Å²) in [6, 6.07) is 17.2. The minimum atomic E-state index is -0.840. The lowest BCUT2D eigenvalue weighted by Gasteiger charge is -2.32. The quantitative estimate of drug-likeness (QED) is 0.669. The van der Waals surface area contributed by atoms with Crippen molar-refractivity contribution in [2.24, 2.45) is 5.92 Å². The van der Waals surface area contributed by atoms with Gasteiger partial charge in [0.25, 0.3) is 11.8 Å². The minimum Gasteiger partial charge on any atom is -0.452 e. The molecule has 2 amide bonds. The lowest BCUT2D eigenvalue weighted by Crippen LogP contribution is -2.42. The number of aryl methyl sites for hydroxylation is 1. The van der Waals surface area contributed by atoms with Gasteiger partial charge in [-0.2, -0.15) is 0 Å². The number of carbonyl (C=O) groups is 3. The fourth-order valence-corrected chi connectivity index (χ4v) is 3.87. The van der Waals surface area contributed by atoms with Crippen molar-refractivity contribution in [3.05, 3.63) is 71.3 Å². The van der Waals surface area contributed by atoms with Crippen LogP contribution in [-0.4, -0.2) is 53.8 Å². The monoisotopic (exact) mass is 422 g/mol. The first-order chi connectivity index (χ1) is 14.9. The highest BCUT2D eigenvalue weighted by molar-refractivity contribution is 5.95. The van der Waals surface area contributed by atoms with Crippen LogP contribution in [0.25, 0.3) is 0 Å². The molecule has 31 heavy (non-hydrogen) atoms. The average molecular weight is 423 g/mol. The molecule has 1 heterocycles. The molecule has 164 valence electrons. The normalized spacial score (nSPS) is 15.3. The van der Waals surface area contributed by atoms with Crippen molar-refractivity contribution in [1.82, 2.24) is 9.80 Å². The zero-order valence-corrected chi connectivity index (χ0v) is 18.4. The third-order valence-electron chi connectivity index (χ3n) is 5.77. The summed E-state index contributed by atoms with van der Waals surface area (Å²) < 4.78 is 5.48. The van der Waals surface area contributed by atoms with Gasteiger partial charge >= 0.3 is 5.97 Å². The van der Waals surface area contributed by atoms with Crippen molar-refractivity contribution in [3.8, 4) is 0 Å². The molecule has 0 saturated carbocycles. The van der Waals surface area contributed by atoms with E-state index in [1.165, 1.54) is 0 Å². The maximum atomic E-state index is 12.7. The number of hydrogen-bond acceptors (Lipinski definition) is 4. The molecule has 0 N–H and O–H groups in total. The summed E-state index contributed by atoms with van der Waals surface area (Å²) in [7, 11) is 1.70. The number of likely N-dealkylation sites (N-methyl/N-ethyl adjacent to an activating group) is 1. The number of ether oxygens (including phenoxy) is 1. The summed E-state index contributed by atoms with van der Waals surface area (Å²) in [5, 5.41) is 0. The first-order valence-corrected chi connectivity index (χ1v) is 10.7. The summed E-state index contributed by atoms with van der Waals surface area (Å²) >= 11 is 0. The lowest BCUT2D eigenvalue weighted by atomic mass is 9.96. The summed E-state index contributed by atoms with van der Waals surface area (Å²) in [4.78, 5) is 41.3. The van der Waals surface area contributed by atoms with E-state index >= 15 is 0 Å². The molecule has 1 aliphatic rings. The maximum Gasteiger partial charge on any atom is 0.309 e. The van der Waals surface area contributed by atoms with Crippen LogP contribution in [0.2, 0.25) is 0 Å². The second kappa shape index (κ2) is 10.2. The number of likely N-dealkylation sites (tertiary alicyclic amines) is 1. The van der Waals surface area contributed by atoms with E-state index in [0.717, 1.165) is 11.1 Å². The van der Waals surface area contributed by atoms with Gasteiger partial charge in [-0.05, 0) is 43.9 Å². The van der Waals surface area contributed by atoms with Crippen LogP contribution in [0.3, 0.4) is 0 Å². The summed E-state index contributed by atoms with van der Waals surface area (Å²) in [5.74, 6) is -0.895. The molecule has 1 atom stereocenters. The van der Waals surface area contributed by atoms with Crippen LogP contribution in [0.1, 0.15) is 41.3 Å². The van der Waals surface area contributed by atoms with Gasteiger partial charge in [0.05, 0.1) is 5.92 Å². The Kier molecular flexibility index (Phi) is 7.45. The molecule has 2 aromatic carbocycles. The Morgan fingerprint density at radius 2 is 1.65 bits per heavy atom. The number of carbonyl (C=O) groups excluding carboxylic acids is 3. The van der Waals surface area contributed by atoms with Crippen LogP contribution in [0, 0.1) is 12.8 Å². The molecule has 0 spiro atoms. The molecule has 1 saturated heterocycles. The second-order valence-electron chi connectivity index (χ2n) is 8.14. The van der Waals surface area contributed by atoms with E-state index in [9.17, 15) is 14.4 Å². The van der Waals surface area contributed by atoms with Gasteiger partial charge in [0.15, 0.2) is 6.10 Å². The fraction of sp³-hybridized carbons (Fsp3) is 0.400. The number of hydrogen-bond donors (Lipinski definition) is 0. The number of piperidine rings is 1. The Labute approximate surface area is 183 Å². The first-order valence-electron chi connectivity index (χ1n) is 10.7. The van der Waals surface area contributed by atoms with E-state index in [4.69, 9.17) is 4.74 Å². The summed E-state index contributed by atoms with van der Waals surface area (Å²) in [6.07, 6.45) is 0.238. The van der Waals surface area contributed by atoms with Gasteiger partial charge in [0.2, 0.25) is 0 Å². The highest BCUT2D eigenvalue weighted by atomic mass is 16.5. The smallest absolute Gasteiger partial charge is 0.309 e. The van der Waals surface area contributed by atoms with Gasteiger partial charge in [-0.1, -0.05) is 48.5 Å². The predicted octanol–water partition coefficient (Wildman–Crippen LogP) is 3.44. The largest absolute Gasteiger partial charge is 0.452 e. The molecule has 1 fully saturated rings. The average Bonchev–Trinajstić information content (AvgIpc) is 2.79. The van der Waals surface area contributed by atoms with E-state index < -0.39 is 6.10 Å². The third kappa shape index (κ3) is 5.72. The van der Waals surface area contributed by atoms with E-state index in [-0.39, 0.29) is 23.7 Å². The zero-order chi connectivity index (χ0) is 22.4. The number of esters is 1. The number of benzene rings is 2. The molecule has 1 aliphatic heterocycles. The van der Waals surface area contributed by atoms with Crippen LogP contribution >= 0.6 is 0 Å². The molecule has 6 nitrogen and oxygen atoms in total. The van der Waals surface area contributed by atoms with Crippen molar-refractivity contribution in [3.63, 3.8) is 0 Å². The van der Waals surface area contributed by atoms with Crippen molar-refractivity contribution in [2.75, 3.05) is 20.1 Å². The molecular formula is C25H30N2O4. The van der Waals surface area contributed by atoms with Crippen LogP contribution < -0.4 is 0 Å². The molecule has 3 rings (SSSR count). The van der Waals surface area contributed by atoms with Crippen molar-refractivity contribution < 1.29 is 19.1 Å². The Morgan fingerprint density at radius 1 is 1.03 bits per heavy atom. The molecule has 0 unspecified atom stereocenters. The Morgan fingerprint density at radius 3 is 2.29 bits per heavy atom. The van der Waals surface area contributed by atoms with Gasteiger partial charge in [0.1, 0.15) is 0 Å². The molecule has 0 aliphatic carbocycles. The molecule has 2 aromatic rings. The lowest BCUT2D eigenvalue weighted by molar-refractivity contribution is -0.163. The predicted molar refractivity (Wildman–Crippen MR) is 118 cm³/mol. The van der Waals surface area contributed by atoms with Crippen LogP contribution in [0.4, 0.5) is 0 Å². The van der Waals surface area contributed by atoms with Crippen molar-refractivity contribution >= 4 is 17.8 Å². The third-order valence-corrected chi connectivity index (χ3v) is 5.77. The number of rotatable bonds is 6. The standard InChI is InChI=1S/C25H30N2O4/c1-18-9-7-8-12-22(18)24(29)27-15-13-21(14-16-27)25(30)31-19(2)23(28)26(3)17-20-10-5-4-6-11-20/h4-12,19,21H,13-17H2,1-3H3/t19-/m0/s1. The zero-order valence-electron chi connectivity index (χ0n) is 18.4. The van der Waals surface area contributed by atoms with Crippen LogP contribution in [0.5, 0.6) is 0 Å². The van der Waals surface area contributed by atoms with Crippen LogP contribution in [0.15, 0.2) is 54.6 Å². The van der Waals surface area contributed by atoms with E-state index in [1.807, 2.05) is 61.5 Å². The highest BCUT2D eigenvalue weighted by Gasteiger charge is 2.31. The Hall–Kier alpha value is -3.15. The molecular weight excluding hydrogens is 392 g/mol. The Bertz CT molecular complexity index is 920. The molecule has 0 bridgehead atoms. The van der Waals surface area contributed by atoms with Gasteiger partial charge in [-0.25, -0.2) is 0 Å². The summed E-state index contributed by atoms with van der Waals surface area (Å²) in [5.41, 5.74) is 2.66. The minimum absolute atomic E-state index is 0.00370. The molecule has 0 radical (unpaired) electrons. The van der Waals surface area contributed by atoms with Gasteiger partial charge < -0.3 is 14.5 Å². The second-order valence-corrected chi connectivity index (χ2v) is 8.14. The van der Waals surface area contributed by atoms with Crippen LogP contribution in [-0.2, 0) is 20.9 Å². The van der Waals surface area contributed by atoms with Crippen molar-refractivity contribution in [2.45, 2.75) is 39.3 Å². The Balaban J connectivity index is 1.48. The van der Waals surface area contributed by atoms with Gasteiger partial charge in [0, 0.05) is 32.2 Å². The summed E-state index contributed by atoms with van der Waals surface area (Å²) in [6.45, 7) is 5.00. The topological polar surface area (TPSA) is 66.9 Å². The van der Waals surface area contributed by atoms with Crippen molar-refractivity contribution in [1.29, 1.82) is 0 Å². The molecule has 0 aromatic heterocycles. The first kappa shape index (κ1) is 22.5. The van der Waals surface area contributed by atoms with E-state index in [1.54, 1.807) is 23.8 Å². The SMILES string of the molecule is Cc1ccccc1C(=O)N1CCC(C(=O)O[C@@H](C)C(=O)N(C)Cc2ccccc2)CC1. The highest BCUT2D eigenvalue weighted by Crippen LogP contribution is 2.22. The molecule has 6 heteroatoms. The van der Waals surface area contributed by atoms with Gasteiger partial charge in [-0.3, -0.25) is 14.4 Å². The fourth-order valence-electron chi connectivity index (χ4n) is 3.87. The van der Waals surface area contributed by atoms with Gasteiger partial charge in [-0.15, -0.1) is 0 Å².